The number of hydrogen-bond donors (Lipinski definition) is 0. The monoisotopic (exact) mass is 721 g/mol. The first-order valence-corrected chi connectivity index (χ1v) is 19.8. The molecule has 1 heteroatoms. The summed E-state index contributed by atoms with van der Waals surface area (Å²) in [6.07, 6.45) is 0. The van der Waals surface area contributed by atoms with Crippen molar-refractivity contribution < 1.29 is 0 Å². The second-order valence-electron chi connectivity index (χ2n) is 15.2. The molecular formula is C56H35N. The van der Waals surface area contributed by atoms with Crippen LogP contribution in [0, 0.1) is 0 Å². The third-order valence-electron chi connectivity index (χ3n) is 12.1. The number of rotatable bonds is 4. The van der Waals surface area contributed by atoms with Crippen molar-refractivity contribution in [1.82, 2.24) is 4.57 Å². The lowest BCUT2D eigenvalue weighted by Crippen LogP contribution is -1.95. The van der Waals surface area contributed by atoms with Crippen LogP contribution in [0.1, 0.15) is 0 Å². The van der Waals surface area contributed by atoms with Gasteiger partial charge in [-0.1, -0.05) is 182 Å². The van der Waals surface area contributed by atoms with Gasteiger partial charge in [0.05, 0.1) is 11.0 Å². The molecule has 0 unspecified atom stereocenters. The second kappa shape index (κ2) is 12.5. The largest absolute Gasteiger partial charge is 0.309 e. The van der Waals surface area contributed by atoms with E-state index >= 15 is 0 Å². The summed E-state index contributed by atoms with van der Waals surface area (Å²) in [6, 6.07) is 78.3. The van der Waals surface area contributed by atoms with Crippen LogP contribution in [0.15, 0.2) is 212 Å². The van der Waals surface area contributed by atoms with E-state index in [4.69, 9.17) is 0 Å². The third kappa shape index (κ3) is 4.83. The molecule has 0 atom stereocenters. The van der Waals surface area contributed by atoms with Crippen LogP contribution in [-0.4, -0.2) is 4.57 Å². The van der Waals surface area contributed by atoms with Crippen LogP contribution in [0.4, 0.5) is 0 Å². The Morgan fingerprint density at radius 1 is 0.263 bits per heavy atom. The molecule has 0 radical (unpaired) electrons. The summed E-state index contributed by atoms with van der Waals surface area (Å²) in [7, 11) is 0. The van der Waals surface area contributed by atoms with E-state index in [1.165, 1.54) is 109 Å². The van der Waals surface area contributed by atoms with Crippen LogP contribution in [0.5, 0.6) is 0 Å². The first-order valence-electron chi connectivity index (χ1n) is 19.8. The quantitative estimate of drug-likeness (QED) is 0.160. The van der Waals surface area contributed by atoms with E-state index in [0.717, 1.165) is 5.69 Å². The average Bonchev–Trinajstić information content (AvgIpc) is 3.63. The van der Waals surface area contributed by atoms with E-state index in [9.17, 15) is 0 Å². The predicted molar refractivity (Wildman–Crippen MR) is 245 cm³/mol. The summed E-state index contributed by atoms with van der Waals surface area (Å²) < 4.78 is 2.46. The molecule has 0 saturated carbocycles. The number of benzene rings is 11. The van der Waals surface area contributed by atoms with Gasteiger partial charge in [0.2, 0.25) is 0 Å². The third-order valence-corrected chi connectivity index (χ3v) is 12.1. The molecule has 0 aliphatic heterocycles. The average molecular weight is 722 g/mol. The van der Waals surface area contributed by atoms with Gasteiger partial charge in [0.1, 0.15) is 0 Å². The highest BCUT2D eigenvalue weighted by Gasteiger charge is 2.20. The summed E-state index contributed by atoms with van der Waals surface area (Å²) in [5.74, 6) is 0. The van der Waals surface area contributed by atoms with Gasteiger partial charge in [-0.2, -0.15) is 0 Å². The van der Waals surface area contributed by atoms with Crippen LogP contribution in [-0.2, 0) is 0 Å². The molecule has 12 aromatic rings. The van der Waals surface area contributed by atoms with Crippen LogP contribution >= 0.6 is 0 Å². The molecule has 0 aliphatic rings. The highest BCUT2D eigenvalue weighted by molar-refractivity contribution is 6.28. The molecule has 0 aliphatic carbocycles. The summed E-state index contributed by atoms with van der Waals surface area (Å²) in [5.41, 5.74) is 11.0. The van der Waals surface area contributed by atoms with Crippen molar-refractivity contribution in [2.45, 2.75) is 0 Å². The van der Waals surface area contributed by atoms with Crippen molar-refractivity contribution in [3.05, 3.63) is 212 Å². The molecule has 1 nitrogen and oxygen atoms in total. The van der Waals surface area contributed by atoms with Crippen LogP contribution < -0.4 is 0 Å². The molecule has 264 valence electrons. The zero-order chi connectivity index (χ0) is 37.5. The molecular weight excluding hydrogens is 687 g/mol. The van der Waals surface area contributed by atoms with E-state index in [0.29, 0.717) is 0 Å². The van der Waals surface area contributed by atoms with Gasteiger partial charge in [-0.05, 0) is 118 Å². The Balaban J connectivity index is 1.11. The van der Waals surface area contributed by atoms with Gasteiger partial charge in [0, 0.05) is 16.5 Å². The van der Waals surface area contributed by atoms with Crippen LogP contribution in [0.25, 0.3) is 115 Å². The summed E-state index contributed by atoms with van der Waals surface area (Å²) in [4.78, 5) is 0. The first-order chi connectivity index (χ1) is 28.3. The van der Waals surface area contributed by atoms with Crippen molar-refractivity contribution in [2.75, 3.05) is 0 Å². The SMILES string of the molecule is c1ccc(-c2c3ccccc3c(-c3ccc(-n4c5ccc6ccccc6c5c5c6ccccc6ccc54)cc3)c3ccc(-c4cccc5ccccc45)cc23)cc1. The minimum atomic E-state index is 1.15. The fraction of sp³-hybridized carbons (Fsp3) is 0. The Bertz CT molecular complexity index is 3450. The standard InChI is InChI=1S/C56H35N/c1-2-16-39(17-3-1)54-48-23-11-10-22-47(48)53(49-32-27-41(35-50(49)54)44-24-12-18-36-13-4-7-19-43(36)44)40-25-30-42(31-26-40)57-51-33-28-37-14-5-8-20-45(37)55(51)56-46-21-9-6-15-38(46)29-34-52(56)57/h1-35H. The molecule has 1 heterocycles. The molecule has 0 fully saturated rings. The summed E-state index contributed by atoms with van der Waals surface area (Å²) in [6.45, 7) is 0. The lowest BCUT2D eigenvalue weighted by Gasteiger charge is -2.19. The Morgan fingerprint density at radius 3 is 1.35 bits per heavy atom. The Hall–Kier alpha value is -7.48. The Kier molecular flexibility index (Phi) is 7.00. The first kappa shape index (κ1) is 31.8. The van der Waals surface area contributed by atoms with Gasteiger partial charge < -0.3 is 4.57 Å². The van der Waals surface area contributed by atoms with Gasteiger partial charge in [-0.3, -0.25) is 0 Å². The van der Waals surface area contributed by atoms with Crippen LogP contribution in [0.2, 0.25) is 0 Å². The molecule has 0 saturated heterocycles. The minimum Gasteiger partial charge on any atom is -0.309 e. The molecule has 11 aromatic carbocycles. The molecule has 1 aromatic heterocycles. The number of hydrogen-bond acceptors (Lipinski definition) is 0. The predicted octanol–water partition coefficient (Wildman–Crippen LogP) is 15.6. The van der Waals surface area contributed by atoms with Gasteiger partial charge >= 0.3 is 0 Å². The van der Waals surface area contributed by atoms with Gasteiger partial charge in [0.15, 0.2) is 0 Å². The van der Waals surface area contributed by atoms with Crippen LogP contribution in [0.3, 0.4) is 0 Å². The summed E-state index contributed by atoms with van der Waals surface area (Å²) >= 11 is 0. The normalized spacial score (nSPS) is 11.9. The van der Waals surface area contributed by atoms with Crippen molar-refractivity contribution >= 4 is 75.7 Å². The maximum Gasteiger partial charge on any atom is 0.0547 e. The van der Waals surface area contributed by atoms with E-state index in [1.54, 1.807) is 0 Å². The highest BCUT2D eigenvalue weighted by Crippen LogP contribution is 2.46. The van der Waals surface area contributed by atoms with E-state index in [1.807, 2.05) is 0 Å². The smallest absolute Gasteiger partial charge is 0.0547 e. The molecule has 0 N–H and O–H groups in total. The molecule has 0 spiro atoms. The fourth-order valence-corrected chi connectivity index (χ4v) is 9.65. The zero-order valence-electron chi connectivity index (χ0n) is 31.2. The molecule has 57 heavy (non-hydrogen) atoms. The molecule has 12 rings (SSSR count). The maximum absolute atomic E-state index is 2.46. The Morgan fingerprint density at radius 2 is 0.719 bits per heavy atom. The number of nitrogens with zero attached hydrogens (tertiary/aromatic N) is 1. The number of fused-ring (bicyclic) bond motifs is 10. The minimum absolute atomic E-state index is 1.15. The lowest BCUT2D eigenvalue weighted by molar-refractivity contribution is 1.18. The fourth-order valence-electron chi connectivity index (χ4n) is 9.65. The van der Waals surface area contributed by atoms with Gasteiger partial charge in [0.25, 0.3) is 0 Å². The van der Waals surface area contributed by atoms with Gasteiger partial charge in [-0.25, -0.2) is 0 Å². The van der Waals surface area contributed by atoms with Gasteiger partial charge in [-0.15, -0.1) is 0 Å². The summed E-state index contributed by atoms with van der Waals surface area (Å²) in [5, 5.41) is 15.2. The lowest BCUT2D eigenvalue weighted by atomic mass is 9.84. The van der Waals surface area contributed by atoms with Crippen molar-refractivity contribution in [2.24, 2.45) is 0 Å². The van der Waals surface area contributed by atoms with E-state index in [2.05, 4.69) is 217 Å². The maximum atomic E-state index is 2.46. The highest BCUT2D eigenvalue weighted by atomic mass is 15.0. The van der Waals surface area contributed by atoms with Crippen molar-refractivity contribution in [3.8, 4) is 39.1 Å². The number of aromatic nitrogens is 1. The Labute approximate surface area is 330 Å². The molecule has 0 bridgehead atoms. The van der Waals surface area contributed by atoms with E-state index in [-0.39, 0.29) is 0 Å². The van der Waals surface area contributed by atoms with E-state index < -0.39 is 0 Å². The topological polar surface area (TPSA) is 4.93 Å². The van der Waals surface area contributed by atoms with Crippen molar-refractivity contribution in [3.63, 3.8) is 0 Å². The zero-order valence-corrected chi connectivity index (χ0v) is 31.2. The van der Waals surface area contributed by atoms with Crippen molar-refractivity contribution in [1.29, 1.82) is 0 Å². The molecule has 0 amide bonds. The second-order valence-corrected chi connectivity index (χ2v) is 15.2.